The Morgan fingerprint density at radius 3 is 2.74 bits per heavy atom. The van der Waals surface area contributed by atoms with Crippen LogP contribution < -0.4 is 5.32 Å². The first-order chi connectivity index (χ1) is 9.08. The normalized spacial score (nSPS) is 10.7. The lowest BCUT2D eigenvalue weighted by Crippen LogP contribution is -2.03. The van der Waals surface area contributed by atoms with Gasteiger partial charge in [0.1, 0.15) is 12.1 Å². The Balaban J connectivity index is 2.10. The molecule has 1 heterocycles. The van der Waals surface area contributed by atoms with E-state index in [9.17, 15) is 10.2 Å². The predicted octanol–water partition coefficient (Wildman–Crippen LogP) is 2.62. The zero-order valence-electron chi connectivity index (χ0n) is 11.0. The molecule has 0 fully saturated rings. The van der Waals surface area contributed by atoms with Crippen molar-refractivity contribution in [2.45, 2.75) is 26.3 Å². The van der Waals surface area contributed by atoms with Crippen LogP contribution >= 0.6 is 0 Å². The van der Waals surface area contributed by atoms with Crippen LogP contribution in [0.5, 0.6) is 11.5 Å². The summed E-state index contributed by atoms with van der Waals surface area (Å²) in [4.78, 5) is 8.31. The third-order valence-electron chi connectivity index (χ3n) is 2.84. The minimum absolute atomic E-state index is 0.104. The number of rotatable bonds is 4. The molecule has 0 saturated heterocycles. The van der Waals surface area contributed by atoms with Crippen molar-refractivity contribution in [3.8, 4) is 11.5 Å². The van der Waals surface area contributed by atoms with Crippen LogP contribution in [0.4, 0.5) is 5.82 Å². The fourth-order valence-electron chi connectivity index (χ4n) is 1.69. The number of hydrogen-bond acceptors (Lipinski definition) is 5. The van der Waals surface area contributed by atoms with Gasteiger partial charge in [-0.05, 0) is 12.0 Å². The number of nitrogens with one attached hydrogen (secondary N) is 1. The molecule has 1 aromatic heterocycles. The van der Waals surface area contributed by atoms with E-state index in [0.717, 1.165) is 5.69 Å². The van der Waals surface area contributed by atoms with Crippen LogP contribution in [0, 0.1) is 0 Å². The molecule has 19 heavy (non-hydrogen) atoms. The van der Waals surface area contributed by atoms with Gasteiger partial charge < -0.3 is 15.5 Å². The van der Waals surface area contributed by atoms with Crippen molar-refractivity contribution in [3.63, 3.8) is 0 Å². The van der Waals surface area contributed by atoms with Gasteiger partial charge in [0, 0.05) is 23.9 Å². The topological polar surface area (TPSA) is 78.3 Å². The maximum atomic E-state index is 9.70. The van der Waals surface area contributed by atoms with E-state index in [4.69, 9.17) is 0 Å². The molecule has 0 unspecified atom stereocenters. The summed E-state index contributed by atoms with van der Waals surface area (Å²) in [5.41, 5.74) is 1.57. The number of aromatic nitrogens is 2. The van der Waals surface area contributed by atoms with Crippen molar-refractivity contribution in [2.24, 2.45) is 0 Å². The summed E-state index contributed by atoms with van der Waals surface area (Å²) in [6, 6.07) is 6.75. The zero-order valence-corrected chi connectivity index (χ0v) is 11.0. The molecule has 0 amide bonds. The summed E-state index contributed by atoms with van der Waals surface area (Å²) >= 11 is 0. The number of phenols is 2. The van der Waals surface area contributed by atoms with Crippen LogP contribution in [0.1, 0.15) is 31.0 Å². The van der Waals surface area contributed by atoms with Gasteiger partial charge in [-0.1, -0.05) is 26.0 Å². The SMILES string of the molecule is CC(C)c1cc(NCc2cccc(O)c2O)ncn1. The van der Waals surface area contributed by atoms with Gasteiger partial charge in [0.15, 0.2) is 11.5 Å². The van der Waals surface area contributed by atoms with E-state index >= 15 is 0 Å². The average molecular weight is 259 g/mol. The molecule has 0 aliphatic rings. The summed E-state index contributed by atoms with van der Waals surface area (Å²) in [6.45, 7) is 4.51. The second-order valence-electron chi connectivity index (χ2n) is 4.62. The smallest absolute Gasteiger partial charge is 0.162 e. The standard InChI is InChI=1S/C14H17N3O2/c1-9(2)11-6-13(17-8-16-11)15-7-10-4-3-5-12(18)14(10)19/h3-6,8-9,18-19H,7H2,1-2H3,(H,15,16,17). The number of phenolic OH excluding ortho intramolecular Hbond substituents is 2. The lowest BCUT2D eigenvalue weighted by Gasteiger charge is -2.10. The lowest BCUT2D eigenvalue weighted by atomic mass is 10.1. The summed E-state index contributed by atoms with van der Waals surface area (Å²) in [5, 5.41) is 22.2. The van der Waals surface area contributed by atoms with E-state index in [0.29, 0.717) is 23.8 Å². The Kier molecular flexibility index (Phi) is 3.85. The molecular weight excluding hydrogens is 242 g/mol. The first kappa shape index (κ1) is 13.1. The van der Waals surface area contributed by atoms with Gasteiger partial charge in [0.05, 0.1) is 0 Å². The average Bonchev–Trinajstić information content (AvgIpc) is 2.41. The quantitative estimate of drug-likeness (QED) is 0.736. The van der Waals surface area contributed by atoms with Gasteiger partial charge in [-0.25, -0.2) is 9.97 Å². The molecule has 5 nitrogen and oxygen atoms in total. The van der Waals surface area contributed by atoms with E-state index in [1.807, 2.05) is 6.07 Å². The van der Waals surface area contributed by atoms with Gasteiger partial charge in [0.25, 0.3) is 0 Å². The monoisotopic (exact) mass is 259 g/mol. The fraction of sp³-hybridized carbons (Fsp3) is 0.286. The molecule has 0 bridgehead atoms. The highest BCUT2D eigenvalue weighted by atomic mass is 16.3. The molecule has 0 atom stereocenters. The largest absolute Gasteiger partial charge is 0.504 e. The Bertz CT molecular complexity index is 570. The molecular formula is C14H17N3O2. The van der Waals surface area contributed by atoms with E-state index in [1.165, 1.54) is 12.4 Å². The molecule has 100 valence electrons. The van der Waals surface area contributed by atoms with E-state index in [-0.39, 0.29) is 11.5 Å². The van der Waals surface area contributed by atoms with Gasteiger partial charge in [-0.2, -0.15) is 0 Å². The molecule has 5 heteroatoms. The number of benzene rings is 1. The summed E-state index contributed by atoms with van der Waals surface area (Å²) in [7, 11) is 0. The summed E-state index contributed by atoms with van der Waals surface area (Å²) in [5.74, 6) is 0.803. The van der Waals surface area contributed by atoms with Crippen LogP contribution in [0.3, 0.4) is 0 Å². The van der Waals surface area contributed by atoms with Gasteiger partial charge in [-0.3, -0.25) is 0 Å². The molecule has 2 rings (SSSR count). The minimum atomic E-state index is -0.121. The van der Waals surface area contributed by atoms with Crippen LogP contribution in [0.25, 0.3) is 0 Å². The van der Waals surface area contributed by atoms with E-state index in [2.05, 4.69) is 29.1 Å². The Morgan fingerprint density at radius 2 is 2.00 bits per heavy atom. The van der Waals surface area contributed by atoms with Crippen LogP contribution in [-0.4, -0.2) is 20.2 Å². The Morgan fingerprint density at radius 1 is 1.21 bits per heavy atom. The Hall–Kier alpha value is -2.30. The zero-order chi connectivity index (χ0) is 13.8. The molecule has 0 aliphatic heterocycles. The van der Waals surface area contributed by atoms with Gasteiger partial charge in [-0.15, -0.1) is 0 Å². The lowest BCUT2D eigenvalue weighted by molar-refractivity contribution is 0.400. The minimum Gasteiger partial charge on any atom is -0.504 e. The highest BCUT2D eigenvalue weighted by Gasteiger charge is 2.07. The maximum Gasteiger partial charge on any atom is 0.162 e. The van der Waals surface area contributed by atoms with E-state index < -0.39 is 0 Å². The highest BCUT2D eigenvalue weighted by Crippen LogP contribution is 2.28. The number of hydrogen-bond donors (Lipinski definition) is 3. The Labute approximate surface area is 112 Å². The second kappa shape index (κ2) is 5.56. The molecule has 3 N–H and O–H groups in total. The van der Waals surface area contributed by atoms with Crippen molar-refractivity contribution in [1.29, 1.82) is 0 Å². The number of nitrogens with zero attached hydrogens (tertiary/aromatic N) is 2. The van der Waals surface area contributed by atoms with Gasteiger partial charge >= 0.3 is 0 Å². The molecule has 0 radical (unpaired) electrons. The third-order valence-corrected chi connectivity index (χ3v) is 2.84. The molecule has 2 aromatic rings. The molecule has 0 saturated carbocycles. The van der Waals surface area contributed by atoms with Crippen LogP contribution in [0.2, 0.25) is 0 Å². The second-order valence-corrected chi connectivity index (χ2v) is 4.62. The number of aromatic hydroxyl groups is 2. The van der Waals surface area contributed by atoms with Crippen molar-refractivity contribution >= 4 is 5.82 Å². The first-order valence-electron chi connectivity index (χ1n) is 6.13. The highest BCUT2D eigenvalue weighted by molar-refractivity contribution is 5.46. The van der Waals surface area contributed by atoms with Crippen molar-refractivity contribution < 1.29 is 10.2 Å². The maximum absolute atomic E-state index is 9.70. The fourth-order valence-corrected chi connectivity index (χ4v) is 1.69. The van der Waals surface area contributed by atoms with Crippen LogP contribution in [0.15, 0.2) is 30.6 Å². The van der Waals surface area contributed by atoms with Crippen molar-refractivity contribution in [3.05, 3.63) is 41.9 Å². The molecule has 1 aromatic carbocycles. The van der Waals surface area contributed by atoms with Gasteiger partial charge in [0.2, 0.25) is 0 Å². The molecule has 0 spiro atoms. The first-order valence-corrected chi connectivity index (χ1v) is 6.13. The van der Waals surface area contributed by atoms with Crippen molar-refractivity contribution in [1.82, 2.24) is 9.97 Å². The molecule has 0 aliphatic carbocycles. The number of para-hydroxylation sites is 1. The number of anilines is 1. The van der Waals surface area contributed by atoms with Crippen LogP contribution in [-0.2, 0) is 6.54 Å². The van der Waals surface area contributed by atoms with E-state index in [1.54, 1.807) is 12.1 Å². The third kappa shape index (κ3) is 3.13. The predicted molar refractivity (Wildman–Crippen MR) is 73.2 cm³/mol. The summed E-state index contributed by atoms with van der Waals surface area (Å²) in [6.07, 6.45) is 1.51. The van der Waals surface area contributed by atoms with Crippen molar-refractivity contribution in [2.75, 3.05) is 5.32 Å². The summed E-state index contributed by atoms with van der Waals surface area (Å²) < 4.78 is 0.